The van der Waals surface area contributed by atoms with Gasteiger partial charge in [-0.05, 0) is 6.07 Å². The van der Waals surface area contributed by atoms with E-state index >= 15 is 0 Å². The number of methoxy groups -OCH3 is 1. The van der Waals surface area contributed by atoms with E-state index in [4.69, 9.17) is 11.6 Å². The van der Waals surface area contributed by atoms with Gasteiger partial charge in [0.15, 0.2) is 6.29 Å². The summed E-state index contributed by atoms with van der Waals surface area (Å²) in [6.45, 7) is 0. The molecule has 0 spiro atoms. The third-order valence-corrected chi connectivity index (χ3v) is 1.84. The molecule has 3 nitrogen and oxygen atoms in total. The van der Waals surface area contributed by atoms with E-state index < -0.39 is 12.0 Å². The normalized spacial score (nSPS) is 10.4. The second kappa shape index (κ2) is 4.32. The number of halogens is 3. The van der Waals surface area contributed by atoms with Crippen LogP contribution in [0, 0.1) is 0 Å². The van der Waals surface area contributed by atoms with Crippen LogP contribution in [0.3, 0.4) is 0 Å². The molecule has 0 N–H and O–H groups in total. The van der Waals surface area contributed by atoms with Crippen LogP contribution in [0.2, 0.25) is 5.02 Å². The first-order chi connectivity index (χ1) is 6.60. The van der Waals surface area contributed by atoms with Crippen LogP contribution < -0.4 is 4.74 Å². The Kier molecular flexibility index (Phi) is 3.35. The molecule has 0 bridgehead atoms. The Balaban J connectivity index is 3.34. The van der Waals surface area contributed by atoms with Crippen LogP contribution >= 0.6 is 11.6 Å². The van der Waals surface area contributed by atoms with Crippen LogP contribution in [0.5, 0.6) is 5.88 Å². The molecule has 0 saturated carbocycles. The van der Waals surface area contributed by atoms with Crippen molar-refractivity contribution < 1.29 is 18.3 Å². The topological polar surface area (TPSA) is 39.2 Å². The summed E-state index contributed by atoms with van der Waals surface area (Å²) in [5.41, 5.74) is -0.545. The molecule has 0 aliphatic heterocycles. The zero-order chi connectivity index (χ0) is 10.7. The minimum Gasteiger partial charge on any atom is -0.481 e. The van der Waals surface area contributed by atoms with Crippen LogP contribution in [-0.4, -0.2) is 18.4 Å². The van der Waals surface area contributed by atoms with Gasteiger partial charge in [-0.15, -0.1) is 0 Å². The quantitative estimate of drug-likeness (QED) is 0.736. The van der Waals surface area contributed by atoms with Crippen molar-refractivity contribution in [2.24, 2.45) is 0 Å². The van der Waals surface area contributed by atoms with Gasteiger partial charge in [-0.25, -0.2) is 13.8 Å². The Hall–Kier alpha value is -1.23. The summed E-state index contributed by atoms with van der Waals surface area (Å²) in [6, 6.07) is 1.07. The van der Waals surface area contributed by atoms with Crippen molar-refractivity contribution in [1.29, 1.82) is 0 Å². The van der Waals surface area contributed by atoms with Gasteiger partial charge in [0, 0.05) is 0 Å². The van der Waals surface area contributed by atoms with E-state index in [-0.39, 0.29) is 16.6 Å². The van der Waals surface area contributed by atoms with Crippen LogP contribution in [0.15, 0.2) is 6.07 Å². The summed E-state index contributed by atoms with van der Waals surface area (Å²) in [7, 11) is 1.18. The van der Waals surface area contributed by atoms with Crippen LogP contribution in [0.4, 0.5) is 8.78 Å². The highest BCUT2D eigenvalue weighted by Gasteiger charge is 2.20. The van der Waals surface area contributed by atoms with E-state index in [2.05, 4.69) is 9.72 Å². The van der Waals surface area contributed by atoms with E-state index in [1.165, 1.54) is 7.11 Å². The smallest absolute Gasteiger partial charge is 0.270 e. The largest absolute Gasteiger partial charge is 0.481 e. The molecule has 0 amide bonds. The number of hydrogen-bond donors (Lipinski definition) is 0. The molecule has 0 fully saturated rings. The summed E-state index contributed by atoms with van der Waals surface area (Å²) < 4.78 is 29.4. The van der Waals surface area contributed by atoms with Gasteiger partial charge < -0.3 is 4.74 Å². The molecule has 6 heteroatoms. The van der Waals surface area contributed by atoms with Crippen molar-refractivity contribution in [2.75, 3.05) is 7.11 Å². The molecule has 0 unspecified atom stereocenters. The predicted octanol–water partition coefficient (Wildman–Crippen LogP) is 2.49. The highest BCUT2D eigenvalue weighted by Crippen LogP contribution is 2.33. The molecule has 1 rings (SSSR count). The third kappa shape index (κ3) is 1.98. The fraction of sp³-hybridized carbons (Fsp3) is 0.250. The maximum Gasteiger partial charge on any atom is 0.270 e. The van der Waals surface area contributed by atoms with Crippen molar-refractivity contribution in [3.05, 3.63) is 22.3 Å². The maximum atomic E-state index is 12.4. The van der Waals surface area contributed by atoms with Crippen molar-refractivity contribution >= 4 is 17.9 Å². The highest BCUT2D eigenvalue weighted by atomic mass is 35.5. The number of pyridine rings is 1. The van der Waals surface area contributed by atoms with E-state index in [0.29, 0.717) is 6.29 Å². The molecule has 0 aliphatic rings. The maximum absolute atomic E-state index is 12.4. The molecule has 14 heavy (non-hydrogen) atoms. The number of carbonyl (C=O) groups is 1. The zero-order valence-electron chi connectivity index (χ0n) is 7.13. The molecular weight excluding hydrogens is 216 g/mol. The van der Waals surface area contributed by atoms with E-state index in [0.717, 1.165) is 6.07 Å². The SMILES string of the molecule is COc1nc(C=O)cc(Cl)c1C(F)F. The van der Waals surface area contributed by atoms with Crippen LogP contribution in [0.25, 0.3) is 0 Å². The van der Waals surface area contributed by atoms with E-state index in [1.54, 1.807) is 0 Å². The van der Waals surface area contributed by atoms with Gasteiger partial charge in [0.1, 0.15) is 5.69 Å². The minimum atomic E-state index is -2.79. The van der Waals surface area contributed by atoms with Crippen molar-refractivity contribution in [3.63, 3.8) is 0 Å². The lowest BCUT2D eigenvalue weighted by Gasteiger charge is -2.08. The molecule has 0 aromatic carbocycles. The molecule has 1 heterocycles. The Morgan fingerprint density at radius 1 is 1.64 bits per heavy atom. The third-order valence-electron chi connectivity index (χ3n) is 1.53. The Labute approximate surface area is 83.7 Å². The second-order valence-corrected chi connectivity index (χ2v) is 2.78. The van der Waals surface area contributed by atoms with Gasteiger partial charge in [-0.3, -0.25) is 4.79 Å². The molecule has 0 atom stereocenters. The molecule has 0 radical (unpaired) electrons. The molecule has 1 aromatic heterocycles. The van der Waals surface area contributed by atoms with Gasteiger partial charge in [0.05, 0.1) is 17.7 Å². The van der Waals surface area contributed by atoms with E-state index in [1.807, 2.05) is 0 Å². The molecule has 0 aliphatic carbocycles. The summed E-state index contributed by atoms with van der Waals surface area (Å²) in [5.74, 6) is -0.324. The zero-order valence-corrected chi connectivity index (χ0v) is 7.89. The minimum absolute atomic E-state index is 0.0451. The molecule has 76 valence electrons. The monoisotopic (exact) mass is 221 g/mol. The fourth-order valence-electron chi connectivity index (χ4n) is 0.933. The van der Waals surface area contributed by atoms with Crippen molar-refractivity contribution in [2.45, 2.75) is 6.43 Å². The van der Waals surface area contributed by atoms with Crippen LogP contribution in [0.1, 0.15) is 22.5 Å². The number of rotatable bonds is 3. The molecule has 1 aromatic rings. The Morgan fingerprint density at radius 3 is 2.71 bits per heavy atom. The molecule has 0 saturated heterocycles. The highest BCUT2D eigenvalue weighted by molar-refractivity contribution is 6.31. The van der Waals surface area contributed by atoms with Gasteiger partial charge in [-0.1, -0.05) is 11.6 Å². The fourth-order valence-corrected chi connectivity index (χ4v) is 1.21. The number of nitrogens with zero attached hydrogens (tertiary/aromatic N) is 1. The summed E-state index contributed by atoms with van der Waals surface area (Å²) in [5, 5.41) is -0.228. The second-order valence-electron chi connectivity index (χ2n) is 2.37. The average molecular weight is 222 g/mol. The number of aldehydes is 1. The first-order valence-electron chi connectivity index (χ1n) is 3.58. The lowest BCUT2D eigenvalue weighted by atomic mass is 10.2. The van der Waals surface area contributed by atoms with Gasteiger partial charge in [-0.2, -0.15) is 0 Å². The number of alkyl halides is 2. The summed E-state index contributed by atoms with van der Waals surface area (Å²) >= 11 is 5.53. The van der Waals surface area contributed by atoms with Gasteiger partial charge >= 0.3 is 0 Å². The summed E-state index contributed by atoms with van der Waals surface area (Å²) in [4.78, 5) is 13.9. The average Bonchev–Trinajstić information content (AvgIpc) is 2.15. The van der Waals surface area contributed by atoms with Gasteiger partial charge in [0.25, 0.3) is 6.43 Å². The number of aromatic nitrogens is 1. The van der Waals surface area contributed by atoms with Gasteiger partial charge in [0.2, 0.25) is 5.88 Å². The Morgan fingerprint density at radius 2 is 2.29 bits per heavy atom. The lowest BCUT2D eigenvalue weighted by Crippen LogP contribution is -2.00. The standard InChI is InChI=1S/C8H6ClF2NO2/c1-14-8-6(7(10)11)5(9)2-4(3-13)12-8/h2-3,7H,1H3. The number of hydrogen-bond acceptors (Lipinski definition) is 3. The molecular formula is C8H6ClF2NO2. The summed E-state index contributed by atoms with van der Waals surface area (Å²) in [6.07, 6.45) is -2.38. The first kappa shape index (κ1) is 10.8. The Bertz CT molecular complexity index is 357. The number of ether oxygens (including phenoxy) is 1. The predicted molar refractivity (Wildman–Crippen MR) is 46.1 cm³/mol. The first-order valence-corrected chi connectivity index (χ1v) is 3.95. The number of carbonyl (C=O) groups excluding carboxylic acids is 1. The lowest BCUT2D eigenvalue weighted by molar-refractivity contribution is 0.111. The van der Waals surface area contributed by atoms with Crippen molar-refractivity contribution in [3.8, 4) is 5.88 Å². The van der Waals surface area contributed by atoms with Crippen LogP contribution in [-0.2, 0) is 0 Å². The van der Waals surface area contributed by atoms with Crippen molar-refractivity contribution in [1.82, 2.24) is 4.98 Å². The van der Waals surface area contributed by atoms with E-state index in [9.17, 15) is 13.6 Å².